The van der Waals surface area contributed by atoms with Crippen LogP contribution in [0.1, 0.15) is 19.1 Å². The van der Waals surface area contributed by atoms with Gasteiger partial charge in [-0.15, -0.1) is 0 Å². The SMILES string of the molecule is NC(CO)(P(=O)(O)O)P(=O)(O)O.Nc1ccn([C@H]2CC[C@@H](CO)O2)c(=O)n1. The second-order valence-corrected chi connectivity index (χ2v) is 9.76. The van der Waals surface area contributed by atoms with Crippen molar-refractivity contribution < 1.29 is 43.7 Å². The fourth-order valence-corrected chi connectivity index (χ4v) is 3.75. The zero-order chi connectivity index (χ0) is 21.0. The summed E-state index contributed by atoms with van der Waals surface area (Å²) in [6, 6.07) is 1.55. The second kappa shape index (κ2) is 8.88. The van der Waals surface area contributed by atoms with Crippen LogP contribution >= 0.6 is 15.2 Å². The lowest BCUT2D eigenvalue weighted by molar-refractivity contribution is -0.0245. The maximum atomic E-state index is 11.5. The van der Waals surface area contributed by atoms with Crippen LogP contribution in [0.5, 0.6) is 0 Å². The molecular formula is C11H22N4O10P2. The number of anilines is 1. The van der Waals surface area contributed by atoms with Crippen molar-refractivity contribution in [1.29, 1.82) is 0 Å². The smallest absolute Gasteiger partial charge is 0.360 e. The van der Waals surface area contributed by atoms with Crippen LogP contribution in [-0.4, -0.2) is 63.7 Å². The molecule has 0 aliphatic carbocycles. The monoisotopic (exact) mass is 432 g/mol. The number of aromatic nitrogens is 2. The topological polar surface area (TPSA) is 252 Å². The van der Waals surface area contributed by atoms with Gasteiger partial charge in [0.25, 0.3) is 0 Å². The Kier molecular flexibility index (Phi) is 7.85. The molecule has 1 fully saturated rings. The number of aliphatic hydroxyl groups is 2. The first-order valence-corrected chi connectivity index (χ1v) is 10.6. The maximum Gasteiger partial charge on any atom is 0.360 e. The molecule has 0 saturated carbocycles. The number of hydrogen-bond acceptors (Lipinski definition) is 9. The van der Waals surface area contributed by atoms with Gasteiger partial charge in [0, 0.05) is 6.20 Å². The number of nitrogens with two attached hydrogens (primary N) is 2. The van der Waals surface area contributed by atoms with Gasteiger partial charge in [0.1, 0.15) is 12.0 Å². The average Bonchev–Trinajstić information content (AvgIpc) is 3.01. The van der Waals surface area contributed by atoms with E-state index >= 15 is 0 Å². The van der Waals surface area contributed by atoms with Crippen molar-refractivity contribution >= 4 is 21.0 Å². The normalized spacial score (nSPS) is 20.9. The minimum Gasteiger partial charge on any atom is -0.394 e. The van der Waals surface area contributed by atoms with Gasteiger partial charge in [-0.05, 0) is 18.9 Å². The van der Waals surface area contributed by atoms with Crippen LogP contribution in [0.3, 0.4) is 0 Å². The lowest BCUT2D eigenvalue weighted by atomic mass is 10.2. The zero-order valence-corrected chi connectivity index (χ0v) is 15.7. The van der Waals surface area contributed by atoms with Gasteiger partial charge in [0.05, 0.1) is 19.3 Å². The fraction of sp³-hybridized carbons (Fsp3) is 0.636. The highest BCUT2D eigenvalue weighted by atomic mass is 31.2. The largest absolute Gasteiger partial charge is 0.394 e. The van der Waals surface area contributed by atoms with Crippen LogP contribution in [0.15, 0.2) is 17.1 Å². The minimum absolute atomic E-state index is 0.0202. The molecule has 0 radical (unpaired) electrons. The Labute approximate surface area is 152 Å². The summed E-state index contributed by atoms with van der Waals surface area (Å²) in [6.45, 7) is -1.52. The number of nitrogens with zero attached hydrogens (tertiary/aromatic N) is 2. The average molecular weight is 432 g/mol. The first kappa shape index (κ1) is 23.9. The molecule has 156 valence electrons. The van der Waals surface area contributed by atoms with Crippen molar-refractivity contribution in [1.82, 2.24) is 9.55 Å². The van der Waals surface area contributed by atoms with Crippen LogP contribution in [0, 0.1) is 0 Å². The summed E-state index contributed by atoms with van der Waals surface area (Å²) in [7, 11) is -10.5. The van der Waals surface area contributed by atoms with Gasteiger partial charge in [0.2, 0.25) is 5.02 Å². The molecule has 16 heteroatoms. The fourth-order valence-electron chi connectivity index (χ4n) is 2.02. The Hall–Kier alpha value is -1.18. The molecule has 2 atom stereocenters. The van der Waals surface area contributed by atoms with Gasteiger partial charge in [-0.1, -0.05) is 0 Å². The Morgan fingerprint density at radius 2 is 1.78 bits per heavy atom. The van der Waals surface area contributed by atoms with E-state index in [1.54, 1.807) is 12.3 Å². The number of nitrogen functional groups attached to an aromatic ring is 1. The molecule has 0 spiro atoms. The van der Waals surface area contributed by atoms with Gasteiger partial charge in [-0.25, -0.2) is 4.79 Å². The molecule has 0 aromatic carbocycles. The Morgan fingerprint density at radius 1 is 1.22 bits per heavy atom. The molecule has 14 nitrogen and oxygen atoms in total. The van der Waals surface area contributed by atoms with Crippen LogP contribution in [-0.2, 0) is 13.9 Å². The second-order valence-electron chi connectivity index (χ2n) is 5.64. The van der Waals surface area contributed by atoms with Crippen molar-refractivity contribution in [2.45, 2.75) is 30.2 Å². The van der Waals surface area contributed by atoms with Gasteiger partial charge in [-0.2, -0.15) is 4.98 Å². The lowest BCUT2D eigenvalue weighted by Crippen LogP contribution is -2.42. The first-order valence-electron chi connectivity index (χ1n) is 7.39. The molecule has 2 rings (SSSR count). The van der Waals surface area contributed by atoms with Crippen LogP contribution < -0.4 is 17.2 Å². The molecule has 1 saturated heterocycles. The van der Waals surface area contributed by atoms with E-state index in [0.29, 0.717) is 6.42 Å². The van der Waals surface area contributed by atoms with E-state index in [0.717, 1.165) is 6.42 Å². The predicted octanol–water partition coefficient (Wildman–Crippen LogP) is -2.56. The van der Waals surface area contributed by atoms with Crippen molar-refractivity contribution in [2.75, 3.05) is 18.9 Å². The minimum atomic E-state index is -5.24. The molecule has 1 aromatic heterocycles. The van der Waals surface area contributed by atoms with E-state index in [-0.39, 0.29) is 24.8 Å². The summed E-state index contributed by atoms with van der Waals surface area (Å²) in [6.07, 6.45) is 2.51. The van der Waals surface area contributed by atoms with Gasteiger partial charge < -0.3 is 46.0 Å². The van der Waals surface area contributed by atoms with Crippen molar-refractivity contribution in [3.8, 4) is 0 Å². The standard InChI is InChI=1S/C9H13N3O3.C2H9NO7P2/c10-7-3-4-12(9(14)11-7)8-2-1-6(5-13)15-8;3-2(1-4,11(5,6)7)12(8,9)10/h3-4,6,8,13H,1-2,5H2,(H2,10,11,14);4H,1,3H2,(H2,5,6,7)(H2,8,9,10)/t6-,8+;/m0./s1. The van der Waals surface area contributed by atoms with Crippen LogP contribution in [0.4, 0.5) is 5.82 Å². The third-order valence-corrected chi connectivity index (χ3v) is 7.56. The molecule has 10 N–H and O–H groups in total. The Balaban J connectivity index is 0.000000279. The molecule has 1 aliphatic rings. The molecule has 2 heterocycles. The van der Waals surface area contributed by atoms with E-state index in [4.69, 9.17) is 40.3 Å². The van der Waals surface area contributed by atoms with E-state index in [2.05, 4.69) is 10.7 Å². The molecule has 0 amide bonds. The molecule has 27 heavy (non-hydrogen) atoms. The summed E-state index contributed by atoms with van der Waals surface area (Å²) in [5.41, 5.74) is 9.63. The Bertz CT molecular complexity index is 768. The van der Waals surface area contributed by atoms with Crippen LogP contribution in [0.2, 0.25) is 0 Å². The van der Waals surface area contributed by atoms with Crippen molar-refractivity contribution in [3.63, 3.8) is 0 Å². The van der Waals surface area contributed by atoms with Gasteiger partial charge in [-0.3, -0.25) is 13.7 Å². The van der Waals surface area contributed by atoms with Crippen molar-refractivity contribution in [3.05, 3.63) is 22.7 Å². The van der Waals surface area contributed by atoms with Crippen molar-refractivity contribution in [2.24, 2.45) is 5.73 Å². The molecule has 1 aliphatic heterocycles. The van der Waals surface area contributed by atoms with E-state index in [9.17, 15) is 13.9 Å². The molecule has 1 aromatic rings. The quantitative estimate of drug-likeness (QED) is 0.223. The Morgan fingerprint density at radius 3 is 2.11 bits per heavy atom. The number of hydrogen-bond donors (Lipinski definition) is 8. The van der Waals surface area contributed by atoms with Gasteiger partial charge >= 0.3 is 20.9 Å². The highest BCUT2D eigenvalue weighted by Gasteiger charge is 2.57. The van der Waals surface area contributed by atoms with E-state index in [1.807, 2.05) is 0 Å². The third kappa shape index (κ3) is 5.65. The summed E-state index contributed by atoms with van der Waals surface area (Å²) in [4.78, 5) is 48.7. The third-order valence-electron chi connectivity index (χ3n) is 3.69. The summed E-state index contributed by atoms with van der Waals surface area (Å²) in [5, 5.41) is 14.0. The van der Waals surface area contributed by atoms with E-state index in [1.165, 1.54) is 4.57 Å². The molecule has 0 unspecified atom stereocenters. The predicted molar refractivity (Wildman–Crippen MR) is 91.2 cm³/mol. The summed E-state index contributed by atoms with van der Waals surface area (Å²) >= 11 is 0. The zero-order valence-electron chi connectivity index (χ0n) is 13.9. The van der Waals surface area contributed by atoms with Crippen LogP contribution in [0.25, 0.3) is 0 Å². The summed E-state index contributed by atoms with van der Waals surface area (Å²) in [5.74, 6) is 0.202. The van der Waals surface area contributed by atoms with E-state index < -0.39 is 32.5 Å². The number of rotatable bonds is 5. The molecule has 0 bridgehead atoms. The maximum absolute atomic E-state index is 11.5. The lowest BCUT2D eigenvalue weighted by Gasteiger charge is -2.27. The number of aliphatic hydroxyl groups excluding tert-OH is 2. The highest BCUT2D eigenvalue weighted by Crippen LogP contribution is 2.65. The first-order chi connectivity index (χ1) is 12.3. The summed E-state index contributed by atoms with van der Waals surface area (Å²) < 4.78 is 27.7. The molecular weight excluding hydrogens is 410 g/mol. The van der Waals surface area contributed by atoms with Gasteiger partial charge in [0.15, 0.2) is 0 Å². The highest BCUT2D eigenvalue weighted by molar-refractivity contribution is 7.72. The number of ether oxygens (including phenoxy) is 1.